The minimum absolute atomic E-state index is 0.361. The van der Waals surface area contributed by atoms with E-state index in [4.69, 9.17) is 17.3 Å². The second-order valence-corrected chi connectivity index (χ2v) is 2.57. The molecule has 0 aliphatic carbocycles. The van der Waals surface area contributed by atoms with Crippen molar-refractivity contribution in [1.82, 2.24) is 4.73 Å². The molecule has 5 heteroatoms. The smallest absolute Gasteiger partial charge is 0.448 e. The average Bonchev–Trinajstić information content (AvgIpc) is 1.98. The van der Waals surface area contributed by atoms with E-state index < -0.39 is 6.16 Å². The van der Waals surface area contributed by atoms with Crippen LogP contribution < -0.4 is 4.84 Å². The molecule has 1 N–H and O–H groups in total. The van der Waals surface area contributed by atoms with Crippen LogP contribution in [0, 0.1) is 11.6 Å². The molecule has 0 aromatic carbocycles. The Kier molecular flexibility index (Phi) is 2.44. The molecule has 0 radical (unpaired) electrons. The monoisotopic (exact) mass is 185 g/mol. The van der Waals surface area contributed by atoms with Crippen LogP contribution in [0.15, 0.2) is 18.3 Å². The second kappa shape index (κ2) is 3.36. The van der Waals surface area contributed by atoms with E-state index in [1.807, 2.05) is 0 Å². The second-order valence-electron chi connectivity index (χ2n) is 2.18. The van der Waals surface area contributed by atoms with Gasteiger partial charge in [-0.1, -0.05) is 18.3 Å². The molecule has 0 unspecified atom stereocenters. The van der Waals surface area contributed by atoms with Gasteiger partial charge in [-0.3, -0.25) is 0 Å². The summed E-state index contributed by atoms with van der Waals surface area (Å²) in [5.41, 5.74) is 0.800. The lowest BCUT2D eigenvalue weighted by Crippen LogP contribution is -2.18. The molecule has 0 fully saturated rings. The van der Waals surface area contributed by atoms with Crippen LogP contribution in [0.25, 0.3) is 0 Å². The lowest BCUT2D eigenvalue weighted by atomic mass is 10.3. The van der Waals surface area contributed by atoms with Gasteiger partial charge in [-0.2, -0.15) is 4.73 Å². The quantitative estimate of drug-likeness (QED) is 0.675. The van der Waals surface area contributed by atoms with E-state index in [1.54, 1.807) is 19.1 Å². The summed E-state index contributed by atoms with van der Waals surface area (Å²) in [6.07, 6.45) is 0.0698. The summed E-state index contributed by atoms with van der Waals surface area (Å²) in [4.78, 5) is 14.5. The SMILES string of the molecule is Cc1cccn(OC(=O)O)c1=S. The summed E-state index contributed by atoms with van der Waals surface area (Å²) in [6, 6.07) is 3.44. The standard InChI is InChI=1S/C7H7NO3S/c1-5-3-2-4-8(6(5)12)11-7(9)10/h2-4H,1H3,(H,9,10). The van der Waals surface area contributed by atoms with Crippen molar-refractivity contribution in [2.75, 3.05) is 0 Å². The molecule has 1 heterocycles. The van der Waals surface area contributed by atoms with Crippen molar-refractivity contribution in [2.24, 2.45) is 0 Å². The molecule has 0 spiro atoms. The van der Waals surface area contributed by atoms with Crippen LogP contribution in [0.5, 0.6) is 0 Å². The zero-order valence-electron chi connectivity index (χ0n) is 6.35. The van der Waals surface area contributed by atoms with Gasteiger partial charge in [0.1, 0.15) is 4.64 Å². The van der Waals surface area contributed by atoms with Crippen LogP contribution in [0.1, 0.15) is 5.56 Å². The van der Waals surface area contributed by atoms with Gasteiger partial charge in [0.2, 0.25) is 0 Å². The van der Waals surface area contributed by atoms with Crippen LogP contribution in [-0.2, 0) is 0 Å². The van der Waals surface area contributed by atoms with Crippen molar-refractivity contribution >= 4 is 18.4 Å². The highest BCUT2D eigenvalue weighted by atomic mass is 32.1. The highest BCUT2D eigenvalue weighted by Gasteiger charge is 1.99. The Bertz CT molecular complexity index is 358. The Morgan fingerprint density at radius 2 is 2.42 bits per heavy atom. The molecule has 0 saturated heterocycles. The number of aryl methyl sites for hydroxylation is 1. The largest absolute Gasteiger partial charge is 0.531 e. The fourth-order valence-electron chi connectivity index (χ4n) is 0.734. The third-order valence-electron chi connectivity index (χ3n) is 1.28. The zero-order chi connectivity index (χ0) is 9.14. The molecule has 4 nitrogen and oxygen atoms in total. The lowest BCUT2D eigenvalue weighted by molar-refractivity contribution is 0.0795. The first-order chi connectivity index (χ1) is 5.61. The van der Waals surface area contributed by atoms with Gasteiger partial charge in [0.05, 0.1) is 0 Å². The van der Waals surface area contributed by atoms with Crippen LogP contribution in [0.4, 0.5) is 4.79 Å². The number of rotatable bonds is 1. The summed E-state index contributed by atoms with van der Waals surface area (Å²) >= 11 is 4.89. The third-order valence-corrected chi connectivity index (χ3v) is 1.78. The Morgan fingerprint density at radius 1 is 1.75 bits per heavy atom. The van der Waals surface area contributed by atoms with Gasteiger partial charge in [0, 0.05) is 6.20 Å². The molecule has 0 bridgehead atoms. The molecule has 1 rings (SSSR count). The van der Waals surface area contributed by atoms with Crippen molar-refractivity contribution in [2.45, 2.75) is 6.92 Å². The van der Waals surface area contributed by atoms with Crippen LogP contribution in [0.2, 0.25) is 0 Å². The topological polar surface area (TPSA) is 51.5 Å². The van der Waals surface area contributed by atoms with Crippen LogP contribution in [-0.4, -0.2) is 16.0 Å². The minimum Gasteiger partial charge on any atom is -0.448 e. The molecule has 0 amide bonds. The number of hydrogen-bond acceptors (Lipinski definition) is 3. The maximum Gasteiger partial charge on any atom is 0.531 e. The number of pyridine rings is 1. The molecular weight excluding hydrogens is 178 g/mol. The van der Waals surface area contributed by atoms with E-state index in [1.165, 1.54) is 6.20 Å². The van der Waals surface area contributed by atoms with Gasteiger partial charge in [0.15, 0.2) is 0 Å². The first kappa shape index (κ1) is 8.73. The first-order valence-corrected chi connectivity index (χ1v) is 3.61. The Morgan fingerprint density at radius 3 is 3.00 bits per heavy atom. The molecule has 1 aromatic heterocycles. The van der Waals surface area contributed by atoms with E-state index >= 15 is 0 Å². The van der Waals surface area contributed by atoms with Crippen molar-refractivity contribution in [1.29, 1.82) is 0 Å². The molecule has 0 saturated carbocycles. The van der Waals surface area contributed by atoms with Crippen LogP contribution >= 0.6 is 12.2 Å². The molecular formula is C7H7NO3S. The van der Waals surface area contributed by atoms with Crippen LogP contribution in [0.3, 0.4) is 0 Å². The predicted molar refractivity (Wildman–Crippen MR) is 44.6 cm³/mol. The number of carbonyl (C=O) groups is 1. The van der Waals surface area contributed by atoms with Gasteiger partial charge < -0.3 is 9.94 Å². The van der Waals surface area contributed by atoms with Gasteiger partial charge in [-0.15, -0.1) is 0 Å². The van der Waals surface area contributed by atoms with Gasteiger partial charge in [0.25, 0.3) is 0 Å². The Labute approximate surface area is 74.0 Å². The van der Waals surface area contributed by atoms with Gasteiger partial charge in [-0.05, 0) is 18.6 Å². The number of hydrogen-bond donors (Lipinski definition) is 1. The summed E-state index contributed by atoms with van der Waals surface area (Å²) in [7, 11) is 0. The third kappa shape index (κ3) is 1.82. The van der Waals surface area contributed by atoms with Gasteiger partial charge in [-0.25, -0.2) is 4.79 Å². The average molecular weight is 185 g/mol. The fraction of sp³-hybridized carbons (Fsp3) is 0.143. The van der Waals surface area contributed by atoms with Gasteiger partial charge >= 0.3 is 6.16 Å². The van der Waals surface area contributed by atoms with E-state index in [-0.39, 0.29) is 0 Å². The van der Waals surface area contributed by atoms with Crippen molar-refractivity contribution in [3.05, 3.63) is 28.5 Å². The highest BCUT2D eigenvalue weighted by Crippen LogP contribution is 1.99. The van der Waals surface area contributed by atoms with E-state index in [9.17, 15) is 4.79 Å². The van der Waals surface area contributed by atoms with E-state index in [2.05, 4.69) is 4.84 Å². The molecule has 0 aliphatic rings. The fourth-order valence-corrected chi connectivity index (χ4v) is 0.901. The van der Waals surface area contributed by atoms with Crippen molar-refractivity contribution in [3.8, 4) is 0 Å². The zero-order valence-corrected chi connectivity index (χ0v) is 7.17. The minimum atomic E-state index is -1.38. The molecule has 64 valence electrons. The summed E-state index contributed by atoms with van der Waals surface area (Å²) in [5.74, 6) is 0. The first-order valence-electron chi connectivity index (χ1n) is 3.21. The Balaban J connectivity index is 3.09. The molecule has 12 heavy (non-hydrogen) atoms. The highest BCUT2D eigenvalue weighted by molar-refractivity contribution is 7.71. The molecule has 0 aliphatic heterocycles. The predicted octanol–water partition coefficient (Wildman–Crippen LogP) is 1.63. The summed E-state index contributed by atoms with van der Waals surface area (Å²) < 4.78 is 1.40. The maximum absolute atomic E-state index is 10.1. The Hall–Kier alpha value is -1.36. The van der Waals surface area contributed by atoms with Crippen molar-refractivity contribution in [3.63, 3.8) is 0 Å². The number of aromatic nitrogens is 1. The number of nitrogens with zero attached hydrogens (tertiary/aromatic N) is 1. The summed E-state index contributed by atoms with van der Waals surface area (Å²) in [6.45, 7) is 1.78. The van der Waals surface area contributed by atoms with Crippen molar-refractivity contribution < 1.29 is 14.7 Å². The van der Waals surface area contributed by atoms with E-state index in [0.717, 1.165) is 10.3 Å². The number of carboxylic acid groups (broad SMARTS) is 1. The molecule has 0 atom stereocenters. The summed E-state index contributed by atoms with van der Waals surface area (Å²) in [5, 5.41) is 8.29. The lowest BCUT2D eigenvalue weighted by Gasteiger charge is -2.03. The van der Waals surface area contributed by atoms with E-state index in [0.29, 0.717) is 4.64 Å². The molecule has 1 aromatic rings. The maximum atomic E-state index is 10.1. The normalized spacial score (nSPS) is 9.42.